The summed E-state index contributed by atoms with van der Waals surface area (Å²) < 4.78 is 5.08. The monoisotopic (exact) mass is 350 g/mol. The molecule has 0 radical (unpaired) electrons. The van der Waals surface area contributed by atoms with Gasteiger partial charge in [0.2, 0.25) is 0 Å². The van der Waals surface area contributed by atoms with E-state index in [-0.39, 0.29) is 16.6 Å². The molecule has 25 heavy (non-hydrogen) atoms. The molecule has 1 aromatic carbocycles. The number of carbonyl (C=O) groups excluding carboxylic acids is 1. The van der Waals surface area contributed by atoms with Crippen LogP contribution in [0.15, 0.2) is 12.1 Å². The van der Waals surface area contributed by atoms with Gasteiger partial charge in [0.15, 0.2) is 0 Å². The van der Waals surface area contributed by atoms with Gasteiger partial charge in [-0.05, 0) is 64.7 Å². The lowest BCUT2D eigenvalue weighted by atomic mass is 9.87. The van der Waals surface area contributed by atoms with E-state index in [2.05, 4.69) is 5.32 Å². The summed E-state index contributed by atoms with van der Waals surface area (Å²) in [6, 6.07) is 3.44. The number of hydrogen-bond acceptors (Lipinski definition) is 5. The van der Waals surface area contributed by atoms with Crippen molar-refractivity contribution in [1.82, 2.24) is 0 Å². The number of anilines is 1. The van der Waals surface area contributed by atoms with Crippen LogP contribution in [-0.4, -0.2) is 24.0 Å². The first kappa shape index (κ1) is 20.9. The highest BCUT2D eigenvalue weighted by Gasteiger charge is 2.28. The zero-order valence-electron chi connectivity index (χ0n) is 16.0. The van der Waals surface area contributed by atoms with Crippen molar-refractivity contribution in [3.8, 4) is 0 Å². The molecule has 0 fully saturated rings. The molecule has 0 spiro atoms. The van der Waals surface area contributed by atoms with E-state index in [1.807, 2.05) is 40.7 Å². The van der Waals surface area contributed by atoms with Gasteiger partial charge >= 0.3 is 5.97 Å². The van der Waals surface area contributed by atoms with E-state index in [1.165, 1.54) is 0 Å². The van der Waals surface area contributed by atoms with Gasteiger partial charge in [0, 0.05) is 12.6 Å². The van der Waals surface area contributed by atoms with Crippen molar-refractivity contribution in [1.29, 1.82) is 0 Å². The van der Waals surface area contributed by atoms with Gasteiger partial charge in [-0.1, -0.05) is 12.8 Å². The third kappa shape index (κ3) is 6.36. The number of esters is 1. The van der Waals surface area contributed by atoms with Crippen molar-refractivity contribution in [2.75, 3.05) is 18.5 Å². The Kier molecular flexibility index (Phi) is 7.87. The first-order valence-electron chi connectivity index (χ1n) is 8.85. The van der Waals surface area contributed by atoms with Crippen molar-refractivity contribution in [3.05, 3.63) is 33.4 Å². The minimum absolute atomic E-state index is 0.117. The summed E-state index contributed by atoms with van der Waals surface area (Å²) in [5, 5.41) is 14.3. The molecule has 6 nitrogen and oxygen atoms in total. The molecule has 0 aliphatic heterocycles. The van der Waals surface area contributed by atoms with Crippen molar-refractivity contribution in [2.45, 2.75) is 60.3 Å². The van der Waals surface area contributed by atoms with Crippen LogP contribution >= 0.6 is 0 Å². The minimum Gasteiger partial charge on any atom is -0.466 e. The zero-order chi connectivity index (χ0) is 19.0. The van der Waals surface area contributed by atoms with Gasteiger partial charge in [0.25, 0.3) is 5.69 Å². The summed E-state index contributed by atoms with van der Waals surface area (Å²) >= 11 is 0. The van der Waals surface area contributed by atoms with Crippen molar-refractivity contribution in [3.63, 3.8) is 0 Å². The molecule has 6 heteroatoms. The Bertz CT molecular complexity index is 612. The quantitative estimate of drug-likeness (QED) is 0.284. The van der Waals surface area contributed by atoms with E-state index in [1.54, 1.807) is 6.07 Å². The van der Waals surface area contributed by atoms with Gasteiger partial charge in [-0.3, -0.25) is 14.9 Å². The molecule has 1 aromatic rings. The van der Waals surface area contributed by atoms with E-state index >= 15 is 0 Å². The average Bonchev–Trinajstić information content (AvgIpc) is 2.53. The second-order valence-corrected chi connectivity index (χ2v) is 7.05. The van der Waals surface area contributed by atoms with Crippen LogP contribution in [0.4, 0.5) is 11.4 Å². The van der Waals surface area contributed by atoms with E-state index in [4.69, 9.17) is 4.74 Å². The third-order valence-corrected chi connectivity index (χ3v) is 4.43. The molecule has 0 heterocycles. The van der Waals surface area contributed by atoms with Gasteiger partial charge in [0.1, 0.15) is 5.69 Å². The standard InChI is InChI=1S/C19H30N2O4/c1-6-25-18(22)19(4,5)10-8-7-9-11-20-16-12-14(2)15(3)13-17(16)21(23)24/h12-13,20H,6-11H2,1-5H3. The fourth-order valence-electron chi connectivity index (χ4n) is 2.61. The minimum atomic E-state index is -0.462. The molecule has 140 valence electrons. The lowest BCUT2D eigenvalue weighted by molar-refractivity contribution is -0.384. The summed E-state index contributed by atoms with van der Waals surface area (Å²) in [6.45, 7) is 10.5. The van der Waals surface area contributed by atoms with E-state index < -0.39 is 5.41 Å². The number of nitro benzene ring substituents is 1. The Morgan fingerprint density at radius 3 is 2.44 bits per heavy atom. The lowest BCUT2D eigenvalue weighted by Crippen LogP contribution is -2.26. The van der Waals surface area contributed by atoms with E-state index in [9.17, 15) is 14.9 Å². The van der Waals surface area contributed by atoms with Gasteiger partial charge in [-0.2, -0.15) is 0 Å². The normalized spacial score (nSPS) is 11.2. The number of hydrogen-bond donors (Lipinski definition) is 1. The zero-order valence-corrected chi connectivity index (χ0v) is 16.0. The van der Waals surface area contributed by atoms with Crippen LogP contribution in [0.1, 0.15) is 57.6 Å². The predicted octanol–water partition coefficient (Wildman–Crippen LogP) is 4.77. The fourth-order valence-corrected chi connectivity index (χ4v) is 2.61. The number of nitrogens with zero attached hydrogens (tertiary/aromatic N) is 1. The smallest absolute Gasteiger partial charge is 0.311 e. The maximum absolute atomic E-state index is 11.8. The van der Waals surface area contributed by atoms with Crippen molar-refractivity contribution < 1.29 is 14.5 Å². The topological polar surface area (TPSA) is 81.5 Å². The second-order valence-electron chi connectivity index (χ2n) is 7.05. The van der Waals surface area contributed by atoms with Gasteiger partial charge in [-0.15, -0.1) is 0 Å². The Balaban J connectivity index is 2.43. The second kappa shape index (κ2) is 9.39. The molecular weight excluding hydrogens is 320 g/mol. The van der Waals surface area contributed by atoms with Crippen LogP contribution in [0.3, 0.4) is 0 Å². The van der Waals surface area contributed by atoms with Crippen LogP contribution < -0.4 is 5.32 Å². The first-order valence-corrected chi connectivity index (χ1v) is 8.85. The largest absolute Gasteiger partial charge is 0.466 e. The Morgan fingerprint density at radius 1 is 1.20 bits per heavy atom. The van der Waals surface area contributed by atoms with Gasteiger partial charge < -0.3 is 10.1 Å². The number of benzene rings is 1. The maximum Gasteiger partial charge on any atom is 0.311 e. The summed E-state index contributed by atoms with van der Waals surface area (Å²) in [5.74, 6) is -0.154. The Morgan fingerprint density at radius 2 is 1.84 bits per heavy atom. The number of nitrogens with one attached hydrogen (secondary N) is 1. The summed E-state index contributed by atoms with van der Waals surface area (Å²) in [7, 11) is 0. The number of carbonyl (C=O) groups is 1. The molecule has 0 saturated carbocycles. The van der Waals surface area contributed by atoms with Crippen molar-refractivity contribution >= 4 is 17.3 Å². The lowest BCUT2D eigenvalue weighted by Gasteiger charge is -2.22. The average molecular weight is 350 g/mol. The Hall–Kier alpha value is -2.11. The summed E-state index contributed by atoms with van der Waals surface area (Å²) in [4.78, 5) is 22.7. The summed E-state index contributed by atoms with van der Waals surface area (Å²) in [5.41, 5.74) is 2.17. The Labute approximate surface area is 150 Å². The van der Waals surface area contributed by atoms with Crippen molar-refractivity contribution in [2.24, 2.45) is 5.41 Å². The molecule has 0 aliphatic carbocycles. The predicted molar refractivity (Wildman–Crippen MR) is 99.9 cm³/mol. The number of unbranched alkanes of at least 4 members (excludes halogenated alkanes) is 2. The number of aryl methyl sites for hydroxylation is 2. The van der Waals surface area contributed by atoms with Crippen LogP contribution in [0.5, 0.6) is 0 Å². The SMILES string of the molecule is CCOC(=O)C(C)(C)CCCCCNc1cc(C)c(C)cc1[N+](=O)[O-]. The highest BCUT2D eigenvalue weighted by molar-refractivity contribution is 5.75. The molecule has 1 rings (SSSR count). The van der Waals surface area contributed by atoms with Gasteiger partial charge in [-0.25, -0.2) is 0 Å². The number of nitro groups is 1. The fraction of sp³-hybridized carbons (Fsp3) is 0.632. The van der Waals surface area contributed by atoms with E-state index in [0.717, 1.165) is 36.8 Å². The number of ether oxygens (including phenoxy) is 1. The molecule has 0 atom stereocenters. The molecule has 0 saturated heterocycles. The van der Waals surface area contributed by atoms with Crippen LogP contribution in [-0.2, 0) is 9.53 Å². The third-order valence-electron chi connectivity index (χ3n) is 4.43. The van der Waals surface area contributed by atoms with Crippen LogP contribution in [0.2, 0.25) is 0 Å². The van der Waals surface area contributed by atoms with E-state index in [0.29, 0.717) is 18.8 Å². The summed E-state index contributed by atoms with van der Waals surface area (Å²) in [6.07, 6.45) is 3.54. The van der Waals surface area contributed by atoms with Gasteiger partial charge in [0.05, 0.1) is 16.9 Å². The van der Waals surface area contributed by atoms with Crippen LogP contribution in [0, 0.1) is 29.4 Å². The van der Waals surface area contributed by atoms with Crippen LogP contribution in [0.25, 0.3) is 0 Å². The molecule has 0 unspecified atom stereocenters. The maximum atomic E-state index is 11.8. The molecule has 0 aliphatic rings. The highest BCUT2D eigenvalue weighted by Crippen LogP contribution is 2.28. The first-order chi connectivity index (χ1) is 11.7. The molecule has 1 N–H and O–H groups in total. The molecular formula is C19H30N2O4. The number of rotatable bonds is 10. The highest BCUT2D eigenvalue weighted by atomic mass is 16.6. The molecule has 0 amide bonds. The molecule has 0 bridgehead atoms. The molecule has 0 aromatic heterocycles.